The maximum Gasteiger partial charge on any atom is 0.286 e. The van der Waals surface area contributed by atoms with Crippen LogP contribution in [0.2, 0.25) is 0 Å². The zero-order chi connectivity index (χ0) is 16.2. The average Bonchev–Trinajstić information content (AvgIpc) is 2.61. The molecule has 0 saturated carbocycles. The highest BCUT2D eigenvalue weighted by molar-refractivity contribution is 9.10. The minimum absolute atomic E-state index is 0.287. The molecule has 0 aliphatic rings. The van der Waals surface area contributed by atoms with Gasteiger partial charge in [0.25, 0.3) is 5.56 Å². The van der Waals surface area contributed by atoms with Gasteiger partial charge in [0.1, 0.15) is 0 Å². The van der Waals surface area contributed by atoms with Gasteiger partial charge in [-0.3, -0.25) is 4.79 Å². The van der Waals surface area contributed by atoms with Crippen molar-refractivity contribution >= 4 is 15.9 Å². The molecule has 1 unspecified atom stereocenters. The number of aromatic nitrogens is 2. The lowest BCUT2D eigenvalue weighted by Crippen LogP contribution is -2.23. The van der Waals surface area contributed by atoms with Gasteiger partial charge in [-0.15, -0.1) is 0 Å². The molecule has 5 heteroatoms. The van der Waals surface area contributed by atoms with Gasteiger partial charge in [-0.25, -0.2) is 0 Å². The van der Waals surface area contributed by atoms with Crippen molar-refractivity contribution in [1.29, 1.82) is 5.26 Å². The van der Waals surface area contributed by atoms with Gasteiger partial charge < -0.3 is 0 Å². The molecule has 3 aromatic rings. The summed E-state index contributed by atoms with van der Waals surface area (Å²) in [4.78, 5) is 12.6. The lowest BCUT2D eigenvalue weighted by atomic mass is 9.94. The molecule has 1 aromatic heterocycles. The van der Waals surface area contributed by atoms with Gasteiger partial charge in [-0.2, -0.15) is 15.0 Å². The quantitative estimate of drug-likeness (QED) is 0.711. The summed E-state index contributed by atoms with van der Waals surface area (Å²) in [5.74, 6) is -0.545. The average molecular weight is 366 g/mol. The van der Waals surface area contributed by atoms with Crippen molar-refractivity contribution in [3.8, 4) is 11.8 Å². The van der Waals surface area contributed by atoms with Gasteiger partial charge in [0.05, 0.1) is 28.3 Å². The van der Waals surface area contributed by atoms with E-state index < -0.39 is 5.92 Å². The molecule has 2 aromatic carbocycles. The van der Waals surface area contributed by atoms with Gasteiger partial charge in [0, 0.05) is 5.56 Å². The van der Waals surface area contributed by atoms with E-state index >= 15 is 0 Å². The number of halogens is 1. The molecule has 0 aliphatic carbocycles. The maximum absolute atomic E-state index is 12.6. The predicted octanol–water partition coefficient (Wildman–Crippen LogP) is 3.65. The molecule has 112 valence electrons. The number of nitrogens with zero attached hydrogens (tertiary/aromatic N) is 3. The molecular weight excluding hydrogens is 354 g/mol. The molecule has 4 nitrogen and oxygen atoms in total. The van der Waals surface area contributed by atoms with Gasteiger partial charge in [-0.05, 0) is 33.6 Å². The number of para-hydroxylation sites is 1. The lowest BCUT2D eigenvalue weighted by molar-refractivity contribution is 0.781. The zero-order valence-corrected chi connectivity index (χ0v) is 13.6. The first-order chi connectivity index (χ1) is 11.2. The SMILES string of the molecule is N#CC(c1ccccc1)c1cnn(-c2ccccc2)c(=O)c1Br. The van der Waals surface area contributed by atoms with Crippen LogP contribution >= 0.6 is 15.9 Å². The largest absolute Gasteiger partial charge is 0.286 e. The summed E-state index contributed by atoms with van der Waals surface area (Å²) in [5.41, 5.74) is 1.79. The highest BCUT2D eigenvalue weighted by Crippen LogP contribution is 2.27. The van der Waals surface area contributed by atoms with Crippen LogP contribution in [0.15, 0.2) is 76.1 Å². The summed E-state index contributed by atoms with van der Waals surface area (Å²) >= 11 is 3.34. The molecule has 3 rings (SSSR count). The molecule has 0 saturated heterocycles. The van der Waals surface area contributed by atoms with Crippen LogP contribution in [0.3, 0.4) is 0 Å². The van der Waals surface area contributed by atoms with Crippen molar-refractivity contribution in [3.63, 3.8) is 0 Å². The first-order valence-electron chi connectivity index (χ1n) is 7.00. The second-order valence-electron chi connectivity index (χ2n) is 4.94. The van der Waals surface area contributed by atoms with Crippen molar-refractivity contribution in [2.24, 2.45) is 0 Å². The summed E-state index contributed by atoms with van der Waals surface area (Å²) in [5, 5.41) is 13.8. The van der Waals surface area contributed by atoms with E-state index in [9.17, 15) is 10.1 Å². The fourth-order valence-corrected chi connectivity index (χ4v) is 2.87. The molecule has 0 fully saturated rings. The molecule has 0 N–H and O–H groups in total. The summed E-state index contributed by atoms with van der Waals surface area (Å²) in [6, 6.07) is 20.8. The van der Waals surface area contributed by atoms with E-state index in [4.69, 9.17) is 0 Å². The summed E-state index contributed by atoms with van der Waals surface area (Å²) in [6.07, 6.45) is 1.57. The van der Waals surface area contributed by atoms with E-state index in [2.05, 4.69) is 27.1 Å². The van der Waals surface area contributed by atoms with Gasteiger partial charge in [0.15, 0.2) is 0 Å². The van der Waals surface area contributed by atoms with Gasteiger partial charge in [-0.1, -0.05) is 48.5 Å². The Bertz CT molecular complexity index is 914. The molecule has 1 heterocycles. The lowest BCUT2D eigenvalue weighted by Gasteiger charge is -2.13. The highest BCUT2D eigenvalue weighted by Gasteiger charge is 2.20. The van der Waals surface area contributed by atoms with Crippen LogP contribution in [0.25, 0.3) is 5.69 Å². The third-order valence-electron chi connectivity index (χ3n) is 3.52. The topological polar surface area (TPSA) is 58.7 Å². The number of benzene rings is 2. The highest BCUT2D eigenvalue weighted by atomic mass is 79.9. The Morgan fingerprint density at radius 1 is 1.04 bits per heavy atom. The molecule has 0 amide bonds. The van der Waals surface area contributed by atoms with Gasteiger partial charge >= 0.3 is 0 Å². The number of nitriles is 1. The summed E-state index contributed by atoms with van der Waals surface area (Å²) in [7, 11) is 0. The molecule has 0 radical (unpaired) electrons. The minimum Gasteiger partial charge on any atom is -0.266 e. The fraction of sp³-hybridized carbons (Fsp3) is 0.0556. The van der Waals surface area contributed by atoms with Crippen LogP contribution < -0.4 is 5.56 Å². The van der Waals surface area contributed by atoms with E-state index in [1.165, 1.54) is 4.68 Å². The van der Waals surface area contributed by atoms with Crippen molar-refractivity contribution in [1.82, 2.24) is 9.78 Å². The van der Waals surface area contributed by atoms with E-state index in [0.717, 1.165) is 5.56 Å². The Balaban J connectivity index is 2.11. The molecule has 0 aliphatic heterocycles. The van der Waals surface area contributed by atoms with E-state index in [1.807, 2.05) is 48.5 Å². The third-order valence-corrected chi connectivity index (χ3v) is 4.32. The molecular formula is C18H12BrN3O. The first-order valence-corrected chi connectivity index (χ1v) is 7.79. The van der Waals surface area contributed by atoms with Crippen LogP contribution in [-0.2, 0) is 0 Å². The predicted molar refractivity (Wildman–Crippen MR) is 91.4 cm³/mol. The minimum atomic E-state index is -0.545. The second-order valence-corrected chi connectivity index (χ2v) is 5.73. The van der Waals surface area contributed by atoms with Gasteiger partial charge in [0.2, 0.25) is 0 Å². The standard InChI is InChI=1S/C18H12BrN3O/c19-17-16(15(11-20)13-7-3-1-4-8-13)12-21-22(18(17)23)14-9-5-2-6-10-14/h1-10,12,15H. The van der Waals surface area contributed by atoms with E-state index in [-0.39, 0.29) is 5.56 Å². The van der Waals surface area contributed by atoms with E-state index in [1.54, 1.807) is 18.3 Å². The van der Waals surface area contributed by atoms with Crippen LogP contribution in [0.4, 0.5) is 0 Å². The van der Waals surface area contributed by atoms with Crippen molar-refractivity contribution < 1.29 is 0 Å². The molecule has 23 heavy (non-hydrogen) atoms. The van der Waals surface area contributed by atoms with Crippen molar-refractivity contribution in [2.75, 3.05) is 0 Å². The Kier molecular flexibility index (Phi) is 4.35. The van der Waals surface area contributed by atoms with Crippen LogP contribution in [0.1, 0.15) is 17.0 Å². The third kappa shape index (κ3) is 2.94. The number of hydrogen-bond donors (Lipinski definition) is 0. The van der Waals surface area contributed by atoms with E-state index in [0.29, 0.717) is 15.7 Å². The number of rotatable bonds is 3. The fourth-order valence-electron chi connectivity index (χ4n) is 2.37. The first kappa shape index (κ1) is 15.2. The number of hydrogen-bond acceptors (Lipinski definition) is 3. The Morgan fingerprint density at radius 2 is 1.65 bits per heavy atom. The van der Waals surface area contributed by atoms with Crippen LogP contribution in [0, 0.1) is 11.3 Å². The molecule has 1 atom stereocenters. The second kappa shape index (κ2) is 6.59. The Hall–Kier alpha value is -2.71. The van der Waals surface area contributed by atoms with Crippen LogP contribution in [-0.4, -0.2) is 9.78 Å². The maximum atomic E-state index is 12.6. The zero-order valence-electron chi connectivity index (χ0n) is 12.1. The van der Waals surface area contributed by atoms with Crippen molar-refractivity contribution in [3.05, 3.63) is 92.8 Å². The summed E-state index contributed by atoms with van der Waals surface area (Å²) < 4.78 is 1.67. The van der Waals surface area contributed by atoms with Crippen molar-refractivity contribution in [2.45, 2.75) is 5.92 Å². The monoisotopic (exact) mass is 365 g/mol. The Labute approximate surface area is 141 Å². The molecule has 0 bridgehead atoms. The smallest absolute Gasteiger partial charge is 0.266 e. The summed E-state index contributed by atoms with van der Waals surface area (Å²) in [6.45, 7) is 0. The van der Waals surface area contributed by atoms with Crippen LogP contribution in [0.5, 0.6) is 0 Å². The normalized spacial score (nSPS) is 11.7. The molecule has 0 spiro atoms. The Morgan fingerprint density at radius 3 is 2.26 bits per heavy atom.